The Morgan fingerprint density at radius 3 is 2.35 bits per heavy atom. The number of nitrogens with two attached hydrogens (primary N) is 1. The van der Waals surface area contributed by atoms with Crippen LogP contribution in [0.5, 0.6) is 0 Å². The Kier molecular flexibility index (Phi) is 4.16. The van der Waals surface area contributed by atoms with Crippen LogP contribution in [0.25, 0.3) is 0 Å². The lowest BCUT2D eigenvalue weighted by Crippen LogP contribution is -2.33. The molecular weight excluding hydrogens is 248 g/mol. The summed E-state index contributed by atoms with van der Waals surface area (Å²) in [5.74, 6) is 0. The molecule has 0 aliphatic heterocycles. The summed E-state index contributed by atoms with van der Waals surface area (Å²) in [4.78, 5) is 9.41. The van der Waals surface area contributed by atoms with Gasteiger partial charge < -0.3 is 5.73 Å². The summed E-state index contributed by atoms with van der Waals surface area (Å²) >= 11 is 0. The SMILES string of the molecule is Cc1ccc(S(=O)(=O)OC(CN)[N+](=O)[O-])cc1. The number of nitro groups is 1. The second-order valence-corrected chi connectivity index (χ2v) is 4.91. The van der Waals surface area contributed by atoms with Crippen molar-refractivity contribution in [3.8, 4) is 0 Å². The Balaban J connectivity index is 2.96. The van der Waals surface area contributed by atoms with Gasteiger partial charge in [-0.3, -0.25) is 10.1 Å². The topological polar surface area (TPSA) is 113 Å². The van der Waals surface area contributed by atoms with Crippen molar-refractivity contribution in [3.63, 3.8) is 0 Å². The molecule has 1 unspecified atom stereocenters. The molecule has 0 radical (unpaired) electrons. The van der Waals surface area contributed by atoms with E-state index in [1.807, 2.05) is 0 Å². The van der Waals surface area contributed by atoms with E-state index in [9.17, 15) is 18.5 Å². The first-order chi connectivity index (χ1) is 7.86. The van der Waals surface area contributed by atoms with Crippen molar-refractivity contribution in [2.45, 2.75) is 18.0 Å². The van der Waals surface area contributed by atoms with E-state index in [4.69, 9.17) is 5.73 Å². The summed E-state index contributed by atoms with van der Waals surface area (Å²) in [6, 6.07) is 5.77. The molecule has 94 valence electrons. The zero-order valence-electron chi connectivity index (χ0n) is 9.07. The van der Waals surface area contributed by atoms with Crippen molar-refractivity contribution in [2.75, 3.05) is 6.54 Å². The van der Waals surface area contributed by atoms with Crippen LogP contribution in [0.1, 0.15) is 5.56 Å². The largest absolute Gasteiger partial charge is 0.341 e. The zero-order chi connectivity index (χ0) is 13.1. The molecule has 1 aromatic carbocycles. The predicted octanol–water partition coefficient (Wildman–Crippen LogP) is 0.262. The third kappa shape index (κ3) is 3.48. The highest BCUT2D eigenvalue weighted by Gasteiger charge is 2.28. The summed E-state index contributed by atoms with van der Waals surface area (Å²) in [7, 11) is -4.16. The maximum absolute atomic E-state index is 11.6. The second-order valence-electron chi connectivity index (χ2n) is 3.34. The minimum Gasteiger partial charge on any atom is -0.322 e. The minimum absolute atomic E-state index is 0.136. The van der Waals surface area contributed by atoms with Gasteiger partial charge in [-0.15, -0.1) is 0 Å². The van der Waals surface area contributed by atoms with E-state index in [0.717, 1.165) is 5.56 Å². The molecule has 0 saturated carbocycles. The zero-order valence-corrected chi connectivity index (χ0v) is 9.88. The molecular formula is C9H12N2O5S. The molecule has 1 atom stereocenters. The molecule has 0 spiro atoms. The van der Waals surface area contributed by atoms with Gasteiger partial charge >= 0.3 is 16.3 Å². The van der Waals surface area contributed by atoms with Crippen molar-refractivity contribution in [1.82, 2.24) is 0 Å². The number of nitrogens with zero attached hydrogens (tertiary/aromatic N) is 1. The maximum Gasteiger partial charge on any atom is 0.341 e. The second kappa shape index (κ2) is 5.21. The van der Waals surface area contributed by atoms with E-state index in [-0.39, 0.29) is 4.90 Å². The van der Waals surface area contributed by atoms with Crippen LogP contribution < -0.4 is 5.73 Å². The molecule has 0 saturated heterocycles. The fourth-order valence-electron chi connectivity index (χ4n) is 1.07. The van der Waals surface area contributed by atoms with Gasteiger partial charge in [0, 0.05) is 0 Å². The lowest BCUT2D eigenvalue weighted by molar-refractivity contribution is -0.559. The van der Waals surface area contributed by atoms with Crippen molar-refractivity contribution < 1.29 is 17.5 Å². The van der Waals surface area contributed by atoms with Gasteiger partial charge in [-0.1, -0.05) is 17.7 Å². The van der Waals surface area contributed by atoms with Crippen LogP contribution in [0.3, 0.4) is 0 Å². The minimum atomic E-state index is -4.16. The van der Waals surface area contributed by atoms with Crippen molar-refractivity contribution in [1.29, 1.82) is 0 Å². The molecule has 2 N–H and O–H groups in total. The molecule has 0 bridgehead atoms. The Bertz CT molecular complexity index is 497. The first-order valence-corrected chi connectivity index (χ1v) is 6.11. The van der Waals surface area contributed by atoms with Crippen LogP contribution in [-0.2, 0) is 14.3 Å². The smallest absolute Gasteiger partial charge is 0.322 e. The molecule has 0 amide bonds. The molecule has 17 heavy (non-hydrogen) atoms. The van der Waals surface area contributed by atoms with Crippen LogP contribution in [-0.4, -0.2) is 26.1 Å². The van der Waals surface area contributed by atoms with E-state index >= 15 is 0 Å². The molecule has 7 nitrogen and oxygen atoms in total. The standard InChI is InChI=1S/C9H12N2O5S/c1-7-2-4-8(5-3-7)17(14,15)16-9(6-10)11(12)13/h2-5,9H,6,10H2,1H3. The molecule has 0 aliphatic carbocycles. The maximum atomic E-state index is 11.6. The van der Waals surface area contributed by atoms with Gasteiger partial charge in [-0.2, -0.15) is 12.6 Å². The van der Waals surface area contributed by atoms with Crippen molar-refractivity contribution in [2.24, 2.45) is 5.73 Å². The average Bonchev–Trinajstić information content (AvgIpc) is 2.26. The quantitative estimate of drug-likeness (QED) is 0.351. The van der Waals surface area contributed by atoms with Gasteiger partial charge in [0.1, 0.15) is 0 Å². The van der Waals surface area contributed by atoms with Crippen molar-refractivity contribution in [3.05, 3.63) is 39.9 Å². The summed E-state index contributed by atoms with van der Waals surface area (Å²) < 4.78 is 27.7. The van der Waals surface area contributed by atoms with Crippen LogP contribution in [0, 0.1) is 17.0 Å². The van der Waals surface area contributed by atoms with E-state index in [2.05, 4.69) is 4.18 Å². The van der Waals surface area contributed by atoms with E-state index < -0.39 is 27.8 Å². The fraction of sp³-hybridized carbons (Fsp3) is 0.333. The first kappa shape index (κ1) is 13.6. The Hall–Kier alpha value is -1.51. The number of hydrogen-bond acceptors (Lipinski definition) is 6. The summed E-state index contributed by atoms with van der Waals surface area (Å²) in [5, 5.41) is 10.4. The monoisotopic (exact) mass is 260 g/mol. The van der Waals surface area contributed by atoms with Gasteiger partial charge in [-0.05, 0) is 19.1 Å². The molecule has 0 heterocycles. The number of rotatable bonds is 5. The average molecular weight is 260 g/mol. The lowest BCUT2D eigenvalue weighted by Gasteiger charge is -2.08. The van der Waals surface area contributed by atoms with Gasteiger partial charge in [0.2, 0.25) is 0 Å². The summed E-state index contributed by atoms with van der Waals surface area (Å²) in [6.45, 7) is 1.27. The number of aryl methyl sites for hydroxylation is 1. The summed E-state index contributed by atoms with van der Waals surface area (Å²) in [6.07, 6.45) is -1.76. The summed E-state index contributed by atoms with van der Waals surface area (Å²) in [5.41, 5.74) is 5.92. The van der Waals surface area contributed by atoms with Crippen LogP contribution in [0.2, 0.25) is 0 Å². The molecule has 1 rings (SSSR count). The molecule has 0 aromatic heterocycles. The van der Waals surface area contributed by atoms with Gasteiger partial charge in [0.25, 0.3) is 0 Å². The van der Waals surface area contributed by atoms with Crippen LogP contribution in [0.4, 0.5) is 0 Å². The molecule has 0 fully saturated rings. The van der Waals surface area contributed by atoms with Gasteiger partial charge in [0.05, 0.1) is 16.4 Å². The lowest BCUT2D eigenvalue weighted by atomic mass is 10.2. The Morgan fingerprint density at radius 2 is 1.94 bits per heavy atom. The van der Waals surface area contributed by atoms with Crippen LogP contribution in [0.15, 0.2) is 29.2 Å². The molecule has 1 aromatic rings. The Morgan fingerprint density at radius 1 is 1.41 bits per heavy atom. The molecule has 0 aliphatic rings. The first-order valence-electron chi connectivity index (χ1n) is 4.70. The third-order valence-electron chi connectivity index (χ3n) is 1.98. The predicted molar refractivity (Wildman–Crippen MR) is 59.3 cm³/mol. The highest BCUT2D eigenvalue weighted by molar-refractivity contribution is 7.86. The fourth-order valence-corrected chi connectivity index (χ4v) is 2.09. The third-order valence-corrected chi connectivity index (χ3v) is 3.31. The van der Waals surface area contributed by atoms with Gasteiger partial charge in [-0.25, -0.2) is 0 Å². The van der Waals surface area contributed by atoms with E-state index in [1.54, 1.807) is 19.1 Å². The normalized spacial score (nSPS) is 13.3. The molecule has 8 heteroatoms. The number of benzene rings is 1. The van der Waals surface area contributed by atoms with E-state index in [1.165, 1.54) is 12.1 Å². The highest BCUT2D eigenvalue weighted by Crippen LogP contribution is 2.14. The number of hydrogen-bond donors (Lipinski definition) is 1. The van der Waals surface area contributed by atoms with Gasteiger partial charge in [0.15, 0.2) is 0 Å². The van der Waals surface area contributed by atoms with E-state index in [0.29, 0.717) is 0 Å². The van der Waals surface area contributed by atoms with Crippen LogP contribution >= 0.6 is 0 Å². The van der Waals surface area contributed by atoms with Crippen molar-refractivity contribution >= 4 is 10.1 Å². The highest BCUT2D eigenvalue weighted by atomic mass is 32.2. The Labute approximate surface area is 98.5 Å².